The van der Waals surface area contributed by atoms with Crippen molar-refractivity contribution in [3.8, 4) is 0 Å². The number of hydrogen-bond donors (Lipinski definition) is 6. The third-order valence-corrected chi connectivity index (χ3v) is 2.82. The van der Waals surface area contributed by atoms with Crippen LogP contribution in [0.4, 0.5) is 0 Å². The van der Waals surface area contributed by atoms with Gasteiger partial charge in [-0.1, -0.05) is 0 Å². The summed E-state index contributed by atoms with van der Waals surface area (Å²) in [5.41, 5.74) is 0. The molecule has 0 amide bonds. The molecule has 0 aliphatic carbocycles. The average molecular weight is 255 g/mol. The molecule has 0 heterocycles. The largest absolute Gasteiger partial charge is 0.391 e. The van der Waals surface area contributed by atoms with Gasteiger partial charge in [-0.05, 0) is 0 Å². The molecule has 0 radical (unpaired) electrons. The van der Waals surface area contributed by atoms with Crippen LogP contribution in [-0.4, -0.2) is 99.3 Å². The molecule has 0 spiro atoms. The van der Waals surface area contributed by atoms with Gasteiger partial charge >= 0.3 is 0 Å². The van der Waals surface area contributed by atoms with Crippen molar-refractivity contribution in [2.45, 2.75) is 6.35 Å². The molecule has 0 aliphatic rings. The third kappa shape index (κ3) is 4.45. The Labute approximate surface area is 100 Å². The third-order valence-electron chi connectivity index (χ3n) is 2.82. The molecule has 0 fully saturated rings. The van der Waals surface area contributed by atoms with Crippen molar-refractivity contribution in [1.29, 1.82) is 0 Å². The van der Waals surface area contributed by atoms with E-state index in [1.54, 1.807) is 0 Å². The van der Waals surface area contributed by atoms with Crippen molar-refractivity contribution in [2.75, 3.05) is 52.9 Å². The zero-order valence-electron chi connectivity index (χ0n) is 9.81. The lowest BCUT2D eigenvalue weighted by Crippen LogP contribution is -2.65. The predicted octanol–water partition coefficient (Wildman–Crippen LogP) is -3.74. The summed E-state index contributed by atoms with van der Waals surface area (Å²) in [5, 5.41) is 55.0. The smallest absolute Gasteiger partial charge is 0.257 e. The second-order valence-electron chi connectivity index (χ2n) is 3.78. The zero-order chi connectivity index (χ0) is 13.3. The Hall–Kier alpha value is -0.320. The number of quaternary nitrogens is 1. The Morgan fingerprint density at radius 3 is 1.35 bits per heavy atom. The molecule has 6 N–H and O–H groups in total. The van der Waals surface area contributed by atoms with Crippen LogP contribution in [0, 0.1) is 0 Å². The number of aliphatic hydroxyl groups excluding tert-OH is 6. The van der Waals surface area contributed by atoms with Crippen LogP contribution in [0.5, 0.6) is 0 Å². The van der Waals surface area contributed by atoms with Crippen LogP contribution < -0.4 is 0 Å². The van der Waals surface area contributed by atoms with Gasteiger partial charge in [-0.25, -0.2) is 0 Å². The maximum absolute atomic E-state index is 10.1. The maximum atomic E-state index is 10.1. The summed E-state index contributed by atoms with van der Waals surface area (Å²) in [6.45, 7) is -1.60. The Kier molecular flexibility index (Phi) is 8.56. The van der Waals surface area contributed by atoms with Gasteiger partial charge < -0.3 is 30.6 Å². The van der Waals surface area contributed by atoms with E-state index in [0.717, 1.165) is 4.90 Å². The van der Waals surface area contributed by atoms with Gasteiger partial charge in [0.25, 0.3) is 6.35 Å². The normalized spacial score (nSPS) is 14.3. The van der Waals surface area contributed by atoms with E-state index in [4.69, 9.17) is 25.5 Å². The first kappa shape index (κ1) is 16.7. The van der Waals surface area contributed by atoms with Crippen molar-refractivity contribution in [2.24, 2.45) is 0 Å². The standard InChI is InChI=1S/C9H23N2O6/c12-4-1-11(2-5-13,3-6-14)9(17)10(7-15)8-16/h9,12-17H,1-8H2/q+1. The molecule has 104 valence electrons. The van der Waals surface area contributed by atoms with Crippen LogP contribution in [0.25, 0.3) is 0 Å². The lowest BCUT2D eigenvalue weighted by molar-refractivity contribution is -0.984. The van der Waals surface area contributed by atoms with Crippen LogP contribution >= 0.6 is 0 Å². The van der Waals surface area contributed by atoms with E-state index in [2.05, 4.69) is 0 Å². The van der Waals surface area contributed by atoms with Crippen LogP contribution in [0.3, 0.4) is 0 Å². The van der Waals surface area contributed by atoms with E-state index < -0.39 is 19.8 Å². The molecule has 8 heteroatoms. The zero-order valence-corrected chi connectivity index (χ0v) is 9.81. The lowest BCUT2D eigenvalue weighted by atomic mass is 10.3. The number of nitrogens with zero attached hydrogens (tertiary/aromatic N) is 2. The summed E-state index contributed by atoms with van der Waals surface area (Å²) in [7, 11) is 0. The van der Waals surface area contributed by atoms with Crippen molar-refractivity contribution in [1.82, 2.24) is 4.90 Å². The molecule has 0 saturated heterocycles. The topological polar surface area (TPSA) is 125 Å². The van der Waals surface area contributed by atoms with Gasteiger partial charge in [-0.15, -0.1) is 0 Å². The summed E-state index contributed by atoms with van der Waals surface area (Å²) in [6.07, 6.45) is -1.31. The van der Waals surface area contributed by atoms with Gasteiger partial charge in [0.2, 0.25) is 0 Å². The fraction of sp³-hybridized carbons (Fsp3) is 1.00. The Morgan fingerprint density at radius 1 is 0.765 bits per heavy atom. The maximum Gasteiger partial charge on any atom is 0.257 e. The highest BCUT2D eigenvalue weighted by Crippen LogP contribution is 2.14. The number of hydrogen-bond acceptors (Lipinski definition) is 7. The highest BCUT2D eigenvalue weighted by atomic mass is 16.4. The number of aliphatic hydroxyl groups is 6. The SMILES string of the molecule is OCC[N+](CCO)(CCO)C(O)N(CO)CO. The minimum Gasteiger partial charge on any atom is -0.391 e. The summed E-state index contributed by atoms with van der Waals surface area (Å²) in [6, 6.07) is 0. The molecule has 0 aromatic carbocycles. The molecule has 8 nitrogen and oxygen atoms in total. The van der Waals surface area contributed by atoms with E-state index in [0.29, 0.717) is 0 Å². The molecule has 0 aromatic heterocycles. The van der Waals surface area contributed by atoms with E-state index >= 15 is 0 Å². The van der Waals surface area contributed by atoms with E-state index in [-0.39, 0.29) is 43.9 Å². The first-order valence-electron chi connectivity index (χ1n) is 5.44. The van der Waals surface area contributed by atoms with Crippen molar-refractivity contribution in [3.05, 3.63) is 0 Å². The molecule has 17 heavy (non-hydrogen) atoms. The van der Waals surface area contributed by atoms with Crippen LogP contribution in [0.2, 0.25) is 0 Å². The van der Waals surface area contributed by atoms with Gasteiger partial charge in [-0.2, -0.15) is 4.90 Å². The molecule has 1 atom stereocenters. The summed E-state index contributed by atoms with van der Waals surface area (Å²) >= 11 is 0. The molecular formula is C9H23N2O6+. The Morgan fingerprint density at radius 2 is 1.12 bits per heavy atom. The van der Waals surface area contributed by atoms with Crippen molar-refractivity contribution < 1.29 is 35.1 Å². The second-order valence-corrected chi connectivity index (χ2v) is 3.78. The summed E-state index contributed by atoms with van der Waals surface area (Å²) in [5.74, 6) is 0. The first-order chi connectivity index (χ1) is 8.11. The first-order valence-corrected chi connectivity index (χ1v) is 5.44. The number of rotatable bonds is 10. The summed E-state index contributed by atoms with van der Waals surface area (Å²) in [4.78, 5) is 0.959. The molecule has 0 aromatic rings. The van der Waals surface area contributed by atoms with Crippen LogP contribution in [0.15, 0.2) is 0 Å². The average Bonchev–Trinajstić information content (AvgIpc) is 2.31. The van der Waals surface area contributed by atoms with Gasteiger partial charge in [-0.3, -0.25) is 4.48 Å². The minimum atomic E-state index is -1.31. The highest BCUT2D eigenvalue weighted by molar-refractivity contribution is 4.50. The lowest BCUT2D eigenvalue weighted by Gasteiger charge is -2.44. The van der Waals surface area contributed by atoms with E-state index in [9.17, 15) is 5.11 Å². The molecule has 1 unspecified atom stereocenters. The summed E-state index contributed by atoms with van der Waals surface area (Å²) < 4.78 is -0.218. The van der Waals surface area contributed by atoms with Crippen LogP contribution in [0.1, 0.15) is 0 Å². The molecule has 0 saturated carbocycles. The molecular weight excluding hydrogens is 232 g/mol. The minimum absolute atomic E-state index is 0.0960. The monoisotopic (exact) mass is 255 g/mol. The van der Waals surface area contributed by atoms with E-state index in [1.165, 1.54) is 0 Å². The predicted molar refractivity (Wildman–Crippen MR) is 58.1 cm³/mol. The fourth-order valence-corrected chi connectivity index (χ4v) is 1.82. The van der Waals surface area contributed by atoms with Gasteiger partial charge in [0.1, 0.15) is 33.1 Å². The van der Waals surface area contributed by atoms with Crippen molar-refractivity contribution in [3.63, 3.8) is 0 Å². The second kappa shape index (κ2) is 8.72. The van der Waals surface area contributed by atoms with Gasteiger partial charge in [0.05, 0.1) is 19.8 Å². The van der Waals surface area contributed by atoms with Crippen LogP contribution in [-0.2, 0) is 0 Å². The quantitative estimate of drug-likeness (QED) is 0.175. The molecule has 0 rings (SSSR count). The van der Waals surface area contributed by atoms with Gasteiger partial charge in [0.15, 0.2) is 0 Å². The van der Waals surface area contributed by atoms with Gasteiger partial charge in [0, 0.05) is 0 Å². The molecule has 0 aliphatic heterocycles. The highest BCUT2D eigenvalue weighted by Gasteiger charge is 2.38. The van der Waals surface area contributed by atoms with Crippen molar-refractivity contribution >= 4 is 0 Å². The van der Waals surface area contributed by atoms with E-state index in [1.807, 2.05) is 0 Å². The Bertz CT molecular complexity index is 173. The molecule has 0 bridgehead atoms. The fourth-order valence-electron chi connectivity index (χ4n) is 1.82. The Balaban J connectivity index is 4.94.